The van der Waals surface area contributed by atoms with Crippen LogP contribution in [0.1, 0.15) is 35.2 Å². The number of carbonyl (C=O) groups excluding carboxylic acids is 1. The van der Waals surface area contributed by atoms with E-state index in [-0.39, 0.29) is 12.2 Å². The molecular weight excluding hydrogens is 922 g/mol. The Morgan fingerprint density at radius 3 is 2.45 bits per heavy atom. The average Bonchev–Trinajstić information content (AvgIpc) is 3.38. The van der Waals surface area contributed by atoms with Crippen molar-refractivity contribution in [2.75, 3.05) is 12.9 Å². The Morgan fingerprint density at radius 1 is 1.04 bits per heavy atom. The highest BCUT2D eigenvalue weighted by atomic mass is 127. The maximum Gasteiger partial charge on any atom is 0.338 e. The monoisotopic (exact) mass is 948 g/mol. The molecule has 0 aliphatic carbocycles. The SMILES string of the molecule is CCOC(=O)C1=C(c2ccccc2)N=c2s/c(=C\c3cc(I)cc(I)c3OCc3ccc(Br)cc3)c(=O)n2[C@@H]1c1ccc(SC)cc1. The van der Waals surface area contributed by atoms with Crippen LogP contribution in [0.4, 0.5) is 0 Å². The Balaban J connectivity index is 1.55. The number of hydrogen-bond acceptors (Lipinski definition) is 7. The summed E-state index contributed by atoms with van der Waals surface area (Å²) in [5, 5.41) is 0. The van der Waals surface area contributed by atoms with E-state index in [0.29, 0.717) is 33.0 Å². The highest BCUT2D eigenvalue weighted by Gasteiger charge is 2.35. The van der Waals surface area contributed by atoms with Crippen molar-refractivity contribution in [1.29, 1.82) is 0 Å². The molecule has 0 spiro atoms. The van der Waals surface area contributed by atoms with Crippen molar-refractivity contribution in [2.24, 2.45) is 4.99 Å². The first-order valence-electron chi connectivity index (χ1n) is 14.6. The number of rotatable bonds is 9. The summed E-state index contributed by atoms with van der Waals surface area (Å²) in [4.78, 5) is 34.7. The summed E-state index contributed by atoms with van der Waals surface area (Å²) in [5.74, 6) is 0.195. The van der Waals surface area contributed by atoms with Crippen molar-refractivity contribution < 1.29 is 14.3 Å². The molecule has 1 atom stereocenters. The molecule has 2 heterocycles. The van der Waals surface area contributed by atoms with Crippen LogP contribution < -0.4 is 19.6 Å². The van der Waals surface area contributed by atoms with Gasteiger partial charge < -0.3 is 9.47 Å². The molecule has 1 aliphatic rings. The number of aromatic nitrogens is 1. The molecule has 0 saturated heterocycles. The summed E-state index contributed by atoms with van der Waals surface area (Å²) >= 11 is 11.0. The normalized spacial score (nSPS) is 14.5. The fourth-order valence-electron chi connectivity index (χ4n) is 5.26. The highest BCUT2D eigenvalue weighted by Crippen LogP contribution is 2.36. The number of fused-ring (bicyclic) bond motifs is 1. The van der Waals surface area contributed by atoms with Gasteiger partial charge in [0.05, 0.1) is 32.0 Å². The Kier molecular flexibility index (Phi) is 11.1. The third kappa shape index (κ3) is 7.48. The molecule has 0 unspecified atom stereocenters. The van der Waals surface area contributed by atoms with Gasteiger partial charge >= 0.3 is 5.97 Å². The summed E-state index contributed by atoms with van der Waals surface area (Å²) < 4.78 is 17.0. The summed E-state index contributed by atoms with van der Waals surface area (Å²) in [7, 11) is 0. The molecule has 0 bridgehead atoms. The highest BCUT2D eigenvalue weighted by molar-refractivity contribution is 14.1. The fraction of sp³-hybridized carbons (Fsp3) is 0.139. The van der Waals surface area contributed by atoms with E-state index in [1.54, 1.807) is 23.3 Å². The lowest BCUT2D eigenvalue weighted by molar-refractivity contribution is -0.138. The van der Waals surface area contributed by atoms with Crippen molar-refractivity contribution in [2.45, 2.75) is 24.5 Å². The van der Waals surface area contributed by atoms with Gasteiger partial charge in [0.1, 0.15) is 12.4 Å². The van der Waals surface area contributed by atoms with Crippen LogP contribution in [-0.2, 0) is 16.1 Å². The molecule has 6 rings (SSSR count). The zero-order chi connectivity index (χ0) is 33.1. The van der Waals surface area contributed by atoms with Crippen LogP contribution in [0.5, 0.6) is 5.75 Å². The maximum absolute atomic E-state index is 14.4. The maximum atomic E-state index is 14.4. The average molecular weight is 949 g/mol. The van der Waals surface area contributed by atoms with Gasteiger partial charge in [-0.2, -0.15) is 0 Å². The summed E-state index contributed by atoms with van der Waals surface area (Å²) in [6.45, 7) is 2.35. The zero-order valence-corrected chi connectivity index (χ0v) is 32.7. The van der Waals surface area contributed by atoms with Crippen molar-refractivity contribution in [1.82, 2.24) is 4.57 Å². The Bertz CT molecular complexity index is 2160. The predicted octanol–water partition coefficient (Wildman–Crippen LogP) is 8.21. The number of hydrogen-bond donors (Lipinski definition) is 0. The minimum Gasteiger partial charge on any atom is -0.487 e. The molecule has 5 aromatic rings. The van der Waals surface area contributed by atoms with Crippen LogP contribution in [-0.4, -0.2) is 23.4 Å². The Morgan fingerprint density at radius 2 is 1.77 bits per heavy atom. The molecule has 0 fully saturated rings. The zero-order valence-electron chi connectivity index (χ0n) is 25.2. The number of ether oxygens (including phenoxy) is 2. The van der Waals surface area contributed by atoms with E-state index in [1.807, 2.05) is 103 Å². The Labute approximate surface area is 316 Å². The van der Waals surface area contributed by atoms with E-state index in [0.717, 1.165) is 38.8 Å². The lowest BCUT2D eigenvalue weighted by Gasteiger charge is -2.26. The lowest BCUT2D eigenvalue weighted by atomic mass is 9.93. The molecule has 1 aliphatic heterocycles. The van der Waals surface area contributed by atoms with E-state index in [9.17, 15) is 9.59 Å². The minimum atomic E-state index is -0.734. The van der Waals surface area contributed by atoms with Crippen molar-refractivity contribution in [3.63, 3.8) is 0 Å². The second-order valence-electron chi connectivity index (χ2n) is 10.4. The largest absolute Gasteiger partial charge is 0.487 e. The first kappa shape index (κ1) is 34.2. The molecule has 0 radical (unpaired) electrons. The summed E-state index contributed by atoms with van der Waals surface area (Å²) in [6.07, 6.45) is 3.88. The molecule has 47 heavy (non-hydrogen) atoms. The van der Waals surface area contributed by atoms with E-state index in [4.69, 9.17) is 14.5 Å². The Hall–Kier alpha value is -2.72. The van der Waals surface area contributed by atoms with E-state index in [1.165, 1.54) is 11.3 Å². The topological polar surface area (TPSA) is 69.9 Å². The van der Waals surface area contributed by atoms with Gasteiger partial charge in [0.15, 0.2) is 4.80 Å². The predicted molar refractivity (Wildman–Crippen MR) is 210 cm³/mol. The quantitative estimate of drug-likeness (QED) is 0.0848. The van der Waals surface area contributed by atoms with Crippen LogP contribution in [0, 0.1) is 7.14 Å². The van der Waals surface area contributed by atoms with Crippen molar-refractivity contribution in [3.05, 3.63) is 150 Å². The second-order valence-corrected chi connectivity index (χ2v) is 15.6. The molecule has 238 valence electrons. The number of benzene rings is 4. The van der Waals surface area contributed by atoms with Gasteiger partial charge in [0.2, 0.25) is 0 Å². The van der Waals surface area contributed by atoms with Crippen LogP contribution >= 0.6 is 84.2 Å². The number of halogens is 3. The molecule has 1 aromatic heterocycles. The smallest absolute Gasteiger partial charge is 0.338 e. The van der Waals surface area contributed by atoms with Gasteiger partial charge in [-0.25, -0.2) is 9.79 Å². The summed E-state index contributed by atoms with van der Waals surface area (Å²) in [6, 6.07) is 28.8. The van der Waals surface area contributed by atoms with Gasteiger partial charge in [-0.3, -0.25) is 9.36 Å². The van der Waals surface area contributed by atoms with Gasteiger partial charge in [-0.05, 0) is 112 Å². The van der Waals surface area contributed by atoms with Crippen LogP contribution in [0.2, 0.25) is 0 Å². The number of thiazole rings is 1. The van der Waals surface area contributed by atoms with E-state index < -0.39 is 12.0 Å². The van der Waals surface area contributed by atoms with Gasteiger partial charge in [-0.15, -0.1) is 11.8 Å². The number of esters is 1. The van der Waals surface area contributed by atoms with E-state index >= 15 is 0 Å². The molecule has 0 saturated carbocycles. The first-order chi connectivity index (χ1) is 22.8. The molecule has 0 N–H and O–H groups in total. The molecule has 6 nitrogen and oxygen atoms in total. The molecular formula is C36H27BrI2N2O4S2. The third-order valence-electron chi connectivity index (χ3n) is 7.43. The van der Waals surface area contributed by atoms with Crippen LogP contribution in [0.15, 0.2) is 116 Å². The number of nitrogens with zero attached hydrogens (tertiary/aromatic N) is 2. The minimum absolute atomic E-state index is 0.196. The second kappa shape index (κ2) is 15.2. The third-order valence-corrected chi connectivity index (χ3v) is 11.1. The summed E-state index contributed by atoms with van der Waals surface area (Å²) in [5.41, 5.74) is 3.97. The van der Waals surface area contributed by atoms with Gasteiger partial charge in [0, 0.05) is 24.1 Å². The lowest BCUT2D eigenvalue weighted by Crippen LogP contribution is -2.40. The fourth-order valence-corrected chi connectivity index (χ4v) is 8.97. The van der Waals surface area contributed by atoms with Crippen LogP contribution in [0.25, 0.3) is 11.8 Å². The standard InChI is InChI=1S/C36H27BrI2N2O4S2/c1-3-44-35(43)30-31(22-7-5-4-6-8-22)40-36-41(32(30)23-11-15-27(46-2)16-12-23)34(42)29(47-36)18-24-17-26(38)19-28(39)33(24)45-20-21-9-13-25(37)14-10-21/h4-19,32H,3,20H2,1-2H3/b29-18-/t32-/m1/s1. The first-order valence-corrected chi connectivity index (χ1v) is 19.5. The van der Waals surface area contributed by atoms with Crippen LogP contribution in [0.3, 0.4) is 0 Å². The van der Waals surface area contributed by atoms with E-state index in [2.05, 4.69) is 61.1 Å². The van der Waals surface area contributed by atoms with Gasteiger partial charge in [-0.1, -0.05) is 81.9 Å². The van der Waals surface area contributed by atoms with Crippen molar-refractivity contribution >= 4 is 102 Å². The molecule has 4 aromatic carbocycles. The molecule has 11 heteroatoms. The van der Waals surface area contributed by atoms with Gasteiger partial charge in [0.25, 0.3) is 5.56 Å². The number of thioether (sulfide) groups is 1. The van der Waals surface area contributed by atoms with Crippen molar-refractivity contribution in [3.8, 4) is 5.75 Å². The molecule has 0 amide bonds. The number of carbonyl (C=O) groups is 1.